The van der Waals surface area contributed by atoms with Crippen LogP contribution in [0.2, 0.25) is 0 Å². The van der Waals surface area contributed by atoms with E-state index in [9.17, 15) is 9.50 Å². The molecule has 0 atom stereocenters. The van der Waals surface area contributed by atoms with Gasteiger partial charge in [-0.15, -0.1) is 0 Å². The van der Waals surface area contributed by atoms with E-state index in [0.29, 0.717) is 12.4 Å². The van der Waals surface area contributed by atoms with Gasteiger partial charge in [0.1, 0.15) is 11.6 Å². The second kappa shape index (κ2) is 3.92. The van der Waals surface area contributed by atoms with E-state index in [0.717, 1.165) is 6.20 Å². The smallest absolute Gasteiger partial charge is 0.141 e. The molecule has 0 aliphatic heterocycles. The Balaban J connectivity index is 2.70. The zero-order valence-electron chi connectivity index (χ0n) is 8.66. The first kappa shape index (κ1) is 10.9. The summed E-state index contributed by atoms with van der Waals surface area (Å²) in [6, 6.07) is 2.93. The highest BCUT2D eigenvalue weighted by atomic mass is 19.1. The predicted octanol–water partition coefficient (Wildman–Crippen LogP) is 1.43. The van der Waals surface area contributed by atoms with E-state index in [1.54, 1.807) is 31.9 Å². The molecule has 0 radical (unpaired) electrons. The zero-order chi connectivity index (χ0) is 10.8. The Hall–Kier alpha value is -1.16. The Morgan fingerprint density at radius 2 is 2.14 bits per heavy atom. The van der Waals surface area contributed by atoms with Crippen molar-refractivity contribution in [1.29, 1.82) is 0 Å². The van der Waals surface area contributed by atoms with Crippen molar-refractivity contribution in [1.82, 2.24) is 4.98 Å². The molecule has 14 heavy (non-hydrogen) atoms. The van der Waals surface area contributed by atoms with Gasteiger partial charge in [0.2, 0.25) is 0 Å². The third-order valence-corrected chi connectivity index (χ3v) is 1.73. The molecule has 0 bridgehead atoms. The summed E-state index contributed by atoms with van der Waals surface area (Å²) in [5.74, 6) is 0.291. The lowest BCUT2D eigenvalue weighted by Crippen LogP contribution is -2.36. The molecule has 0 aromatic carbocycles. The van der Waals surface area contributed by atoms with Crippen molar-refractivity contribution in [3.05, 3.63) is 24.1 Å². The molecule has 0 saturated carbocycles. The average Bonchev–Trinajstić information content (AvgIpc) is 2.02. The van der Waals surface area contributed by atoms with Gasteiger partial charge in [-0.3, -0.25) is 0 Å². The quantitative estimate of drug-likeness (QED) is 0.798. The maximum absolute atomic E-state index is 12.6. The van der Waals surface area contributed by atoms with Crippen LogP contribution in [0.5, 0.6) is 0 Å². The Kier molecular flexibility index (Phi) is 3.06. The number of aliphatic hydroxyl groups is 1. The monoisotopic (exact) mass is 198 g/mol. The summed E-state index contributed by atoms with van der Waals surface area (Å²) in [5.41, 5.74) is -0.787. The van der Waals surface area contributed by atoms with Crippen LogP contribution in [0.4, 0.5) is 10.2 Å². The van der Waals surface area contributed by atoms with Crippen LogP contribution in [0.1, 0.15) is 13.8 Å². The molecule has 4 heteroatoms. The van der Waals surface area contributed by atoms with Crippen LogP contribution in [0.25, 0.3) is 0 Å². The second-order valence-electron chi connectivity index (χ2n) is 4.00. The predicted molar refractivity (Wildman–Crippen MR) is 53.8 cm³/mol. The minimum absolute atomic E-state index is 0.356. The molecule has 3 nitrogen and oxygen atoms in total. The lowest BCUT2D eigenvalue weighted by Gasteiger charge is -2.26. The first-order valence-electron chi connectivity index (χ1n) is 4.43. The largest absolute Gasteiger partial charge is 0.389 e. The van der Waals surface area contributed by atoms with Crippen molar-refractivity contribution in [3.63, 3.8) is 0 Å². The molecule has 0 spiro atoms. The minimum Gasteiger partial charge on any atom is -0.389 e. The van der Waals surface area contributed by atoms with Crippen LogP contribution in [0.15, 0.2) is 18.3 Å². The van der Waals surface area contributed by atoms with Crippen molar-refractivity contribution >= 4 is 5.82 Å². The van der Waals surface area contributed by atoms with E-state index in [2.05, 4.69) is 4.98 Å². The third kappa shape index (κ3) is 3.30. The third-order valence-electron chi connectivity index (χ3n) is 1.73. The molecule has 1 heterocycles. The zero-order valence-corrected chi connectivity index (χ0v) is 8.66. The molecular formula is C10H15FN2O. The van der Waals surface area contributed by atoms with Crippen LogP contribution in [0.3, 0.4) is 0 Å². The number of hydrogen-bond donors (Lipinski definition) is 1. The molecule has 1 aromatic rings. The summed E-state index contributed by atoms with van der Waals surface area (Å²) in [6.45, 7) is 3.88. The van der Waals surface area contributed by atoms with Gasteiger partial charge in [0.15, 0.2) is 0 Å². The van der Waals surface area contributed by atoms with Gasteiger partial charge in [-0.05, 0) is 26.0 Å². The van der Waals surface area contributed by atoms with E-state index >= 15 is 0 Å². The lowest BCUT2D eigenvalue weighted by atomic mass is 10.1. The minimum atomic E-state index is -0.787. The number of rotatable bonds is 3. The Labute approximate surface area is 83.2 Å². The van der Waals surface area contributed by atoms with Gasteiger partial charge < -0.3 is 10.0 Å². The number of likely N-dealkylation sites (N-methyl/N-ethyl adjacent to an activating group) is 1. The van der Waals surface area contributed by atoms with Crippen LogP contribution in [0, 0.1) is 5.82 Å². The van der Waals surface area contributed by atoms with Crippen LogP contribution in [-0.4, -0.2) is 29.3 Å². The lowest BCUT2D eigenvalue weighted by molar-refractivity contribution is 0.0884. The Bertz CT molecular complexity index is 292. The number of halogens is 1. The van der Waals surface area contributed by atoms with Crippen LogP contribution in [-0.2, 0) is 0 Å². The fourth-order valence-electron chi connectivity index (χ4n) is 1.26. The van der Waals surface area contributed by atoms with Gasteiger partial charge in [0.05, 0.1) is 11.8 Å². The summed E-state index contributed by atoms with van der Waals surface area (Å²) in [7, 11) is 1.80. The molecule has 0 aliphatic carbocycles. The van der Waals surface area contributed by atoms with E-state index in [4.69, 9.17) is 0 Å². The van der Waals surface area contributed by atoms with E-state index < -0.39 is 5.60 Å². The summed E-state index contributed by atoms with van der Waals surface area (Å²) >= 11 is 0. The van der Waals surface area contributed by atoms with Gasteiger partial charge in [-0.1, -0.05) is 0 Å². The molecule has 0 amide bonds. The summed E-state index contributed by atoms with van der Waals surface area (Å²) in [4.78, 5) is 5.68. The number of nitrogens with zero attached hydrogens (tertiary/aromatic N) is 2. The molecule has 0 saturated heterocycles. The maximum Gasteiger partial charge on any atom is 0.141 e. The molecule has 1 rings (SSSR count). The second-order valence-corrected chi connectivity index (χ2v) is 4.00. The van der Waals surface area contributed by atoms with Gasteiger partial charge in [-0.2, -0.15) is 0 Å². The molecule has 1 aromatic heterocycles. The summed E-state index contributed by atoms with van der Waals surface area (Å²) in [6.07, 6.45) is 1.16. The molecule has 0 aliphatic rings. The Morgan fingerprint density at radius 3 is 2.57 bits per heavy atom. The van der Waals surface area contributed by atoms with Gasteiger partial charge >= 0.3 is 0 Å². The number of aromatic nitrogens is 1. The van der Waals surface area contributed by atoms with Crippen molar-refractivity contribution in [2.45, 2.75) is 19.4 Å². The highest BCUT2D eigenvalue weighted by Crippen LogP contribution is 2.12. The summed E-state index contributed by atoms with van der Waals surface area (Å²) in [5, 5.41) is 9.56. The average molecular weight is 198 g/mol. The van der Waals surface area contributed by atoms with E-state index in [-0.39, 0.29) is 5.82 Å². The summed E-state index contributed by atoms with van der Waals surface area (Å²) < 4.78 is 12.6. The fourth-order valence-corrected chi connectivity index (χ4v) is 1.26. The highest BCUT2D eigenvalue weighted by Gasteiger charge is 2.16. The number of hydrogen-bond acceptors (Lipinski definition) is 3. The molecule has 1 N–H and O–H groups in total. The van der Waals surface area contributed by atoms with Crippen LogP contribution >= 0.6 is 0 Å². The SMILES string of the molecule is CN(CC(C)(C)O)c1ccc(F)cn1. The van der Waals surface area contributed by atoms with E-state index in [1.807, 2.05) is 0 Å². The van der Waals surface area contributed by atoms with E-state index in [1.165, 1.54) is 6.07 Å². The molecular weight excluding hydrogens is 183 g/mol. The van der Waals surface area contributed by atoms with Gasteiger partial charge in [0, 0.05) is 13.6 Å². The normalized spacial score (nSPS) is 11.5. The van der Waals surface area contributed by atoms with Crippen molar-refractivity contribution in [3.8, 4) is 0 Å². The fraction of sp³-hybridized carbons (Fsp3) is 0.500. The van der Waals surface area contributed by atoms with Crippen molar-refractivity contribution < 1.29 is 9.50 Å². The molecule has 78 valence electrons. The number of anilines is 1. The Morgan fingerprint density at radius 1 is 1.50 bits per heavy atom. The highest BCUT2D eigenvalue weighted by molar-refractivity contribution is 5.37. The molecule has 0 fully saturated rings. The first-order valence-corrected chi connectivity index (χ1v) is 4.43. The van der Waals surface area contributed by atoms with Gasteiger partial charge in [0.25, 0.3) is 0 Å². The van der Waals surface area contributed by atoms with Crippen LogP contribution < -0.4 is 4.90 Å². The van der Waals surface area contributed by atoms with Gasteiger partial charge in [-0.25, -0.2) is 9.37 Å². The standard InChI is InChI=1S/C10H15FN2O/c1-10(2,14)7-13(3)9-5-4-8(11)6-12-9/h4-6,14H,7H2,1-3H3. The maximum atomic E-state index is 12.6. The number of pyridine rings is 1. The topological polar surface area (TPSA) is 36.4 Å². The van der Waals surface area contributed by atoms with Crippen molar-refractivity contribution in [2.24, 2.45) is 0 Å². The first-order chi connectivity index (χ1) is 6.38. The van der Waals surface area contributed by atoms with Crippen molar-refractivity contribution in [2.75, 3.05) is 18.5 Å². The molecule has 0 unspecified atom stereocenters.